The van der Waals surface area contributed by atoms with Crippen molar-refractivity contribution in [2.75, 3.05) is 4.43 Å². The third kappa shape index (κ3) is 1.31. The van der Waals surface area contributed by atoms with Crippen molar-refractivity contribution in [3.05, 3.63) is 0 Å². The lowest BCUT2D eigenvalue weighted by atomic mass is 10.3. The maximum absolute atomic E-state index is 2.48. The minimum absolute atomic E-state index is 1.10. The first-order chi connectivity index (χ1) is 3.38. The molecular weight excluding hydrogens is 199 g/mol. The van der Waals surface area contributed by atoms with E-state index in [1.807, 2.05) is 0 Å². The Balaban J connectivity index is 2.06. The highest BCUT2D eigenvalue weighted by Crippen LogP contribution is 2.41. The standard InChI is InChI=1S/C6H11I/c1-2-5-3-6(5)4-7/h5-6H,2-4H2,1H3. The lowest BCUT2D eigenvalue weighted by Crippen LogP contribution is -1.78. The maximum Gasteiger partial charge on any atom is 0.00264 e. The molecule has 0 aromatic carbocycles. The van der Waals surface area contributed by atoms with Gasteiger partial charge in [-0.25, -0.2) is 0 Å². The van der Waals surface area contributed by atoms with Gasteiger partial charge in [-0.15, -0.1) is 0 Å². The lowest BCUT2D eigenvalue weighted by molar-refractivity contribution is 0.734. The van der Waals surface area contributed by atoms with Crippen LogP contribution in [0.25, 0.3) is 0 Å². The topological polar surface area (TPSA) is 0 Å². The summed E-state index contributed by atoms with van der Waals surface area (Å²) in [7, 11) is 0. The van der Waals surface area contributed by atoms with Gasteiger partial charge in [0.2, 0.25) is 0 Å². The normalized spacial score (nSPS) is 38.6. The van der Waals surface area contributed by atoms with Crippen LogP contribution < -0.4 is 0 Å². The fourth-order valence-corrected chi connectivity index (χ4v) is 2.08. The van der Waals surface area contributed by atoms with Crippen LogP contribution in [0.1, 0.15) is 19.8 Å². The molecule has 0 nitrogen and oxygen atoms in total. The van der Waals surface area contributed by atoms with Gasteiger partial charge >= 0.3 is 0 Å². The zero-order valence-electron chi connectivity index (χ0n) is 4.65. The molecule has 0 aliphatic heterocycles. The Hall–Kier alpha value is 0.730. The zero-order valence-corrected chi connectivity index (χ0v) is 6.81. The molecule has 0 N–H and O–H groups in total. The Labute approximate surface area is 58.8 Å². The van der Waals surface area contributed by atoms with Gasteiger partial charge in [-0.05, 0) is 18.3 Å². The first kappa shape index (κ1) is 5.86. The van der Waals surface area contributed by atoms with E-state index in [2.05, 4.69) is 29.5 Å². The summed E-state index contributed by atoms with van der Waals surface area (Å²) in [6, 6.07) is 0. The molecule has 2 unspecified atom stereocenters. The number of hydrogen-bond donors (Lipinski definition) is 0. The van der Waals surface area contributed by atoms with Crippen LogP contribution in [0, 0.1) is 11.8 Å². The minimum atomic E-state index is 1.10. The molecule has 1 fully saturated rings. The summed E-state index contributed by atoms with van der Waals surface area (Å²) in [5, 5.41) is 0. The van der Waals surface area contributed by atoms with Crippen LogP contribution in [0.2, 0.25) is 0 Å². The van der Waals surface area contributed by atoms with Crippen LogP contribution in [0.15, 0.2) is 0 Å². The fraction of sp³-hybridized carbons (Fsp3) is 1.00. The molecule has 0 aromatic heterocycles. The molecule has 1 saturated carbocycles. The van der Waals surface area contributed by atoms with Gasteiger partial charge in [-0.3, -0.25) is 0 Å². The van der Waals surface area contributed by atoms with Gasteiger partial charge in [0.15, 0.2) is 0 Å². The highest BCUT2D eigenvalue weighted by atomic mass is 127. The molecule has 0 saturated heterocycles. The summed E-state index contributed by atoms with van der Waals surface area (Å²) >= 11 is 2.48. The predicted molar refractivity (Wildman–Crippen MR) is 40.8 cm³/mol. The van der Waals surface area contributed by atoms with Crippen molar-refractivity contribution in [3.8, 4) is 0 Å². The summed E-state index contributed by atoms with van der Waals surface area (Å²) in [5.41, 5.74) is 0. The number of hydrogen-bond acceptors (Lipinski definition) is 0. The zero-order chi connectivity index (χ0) is 5.28. The quantitative estimate of drug-likeness (QED) is 0.485. The smallest absolute Gasteiger partial charge is 0.00264 e. The van der Waals surface area contributed by atoms with Crippen LogP contribution in [-0.2, 0) is 0 Å². The second-order valence-corrected chi connectivity index (χ2v) is 3.20. The van der Waals surface area contributed by atoms with Gasteiger partial charge in [0.25, 0.3) is 0 Å². The molecule has 0 aromatic rings. The Kier molecular flexibility index (Phi) is 1.95. The van der Waals surface area contributed by atoms with Crippen molar-refractivity contribution in [2.24, 2.45) is 11.8 Å². The summed E-state index contributed by atoms with van der Waals surface area (Å²) < 4.78 is 1.39. The van der Waals surface area contributed by atoms with Crippen LogP contribution >= 0.6 is 22.6 Å². The molecule has 2 atom stereocenters. The maximum atomic E-state index is 2.48. The van der Waals surface area contributed by atoms with Gasteiger partial charge in [-0.1, -0.05) is 35.9 Å². The molecule has 0 radical (unpaired) electrons. The van der Waals surface area contributed by atoms with Crippen molar-refractivity contribution in [3.63, 3.8) is 0 Å². The molecule has 1 aliphatic carbocycles. The van der Waals surface area contributed by atoms with Gasteiger partial charge in [0.05, 0.1) is 0 Å². The summed E-state index contributed by atoms with van der Waals surface area (Å²) in [4.78, 5) is 0. The molecule has 1 aliphatic rings. The number of alkyl halides is 1. The third-order valence-electron chi connectivity index (χ3n) is 1.79. The lowest BCUT2D eigenvalue weighted by Gasteiger charge is -1.84. The SMILES string of the molecule is CCC1CC1CI. The third-order valence-corrected chi connectivity index (χ3v) is 2.92. The molecule has 1 rings (SSSR count). The van der Waals surface area contributed by atoms with E-state index in [-0.39, 0.29) is 0 Å². The highest BCUT2D eigenvalue weighted by Gasteiger charge is 2.33. The molecular formula is C6H11I. The first-order valence-electron chi connectivity index (χ1n) is 2.94. The summed E-state index contributed by atoms with van der Waals surface area (Å²) in [6.45, 7) is 2.29. The number of rotatable bonds is 2. The van der Waals surface area contributed by atoms with Crippen molar-refractivity contribution in [2.45, 2.75) is 19.8 Å². The Morgan fingerprint density at radius 3 is 2.43 bits per heavy atom. The average molecular weight is 210 g/mol. The van der Waals surface area contributed by atoms with E-state index in [4.69, 9.17) is 0 Å². The molecule has 0 bridgehead atoms. The molecule has 0 heterocycles. The van der Waals surface area contributed by atoms with E-state index >= 15 is 0 Å². The second-order valence-electron chi connectivity index (χ2n) is 2.32. The van der Waals surface area contributed by atoms with Crippen molar-refractivity contribution in [1.29, 1.82) is 0 Å². The average Bonchev–Trinajstić information content (AvgIpc) is 2.43. The molecule has 42 valence electrons. The monoisotopic (exact) mass is 210 g/mol. The predicted octanol–water partition coefficient (Wildman–Crippen LogP) is 2.47. The van der Waals surface area contributed by atoms with Gasteiger partial charge < -0.3 is 0 Å². The second kappa shape index (κ2) is 2.33. The molecule has 1 heteroatoms. The van der Waals surface area contributed by atoms with Crippen LogP contribution in [0.3, 0.4) is 0 Å². The number of halogens is 1. The minimum Gasteiger partial charge on any atom is -0.0861 e. The largest absolute Gasteiger partial charge is 0.0861 e. The van der Waals surface area contributed by atoms with Crippen molar-refractivity contribution in [1.82, 2.24) is 0 Å². The van der Waals surface area contributed by atoms with Crippen LogP contribution in [0.5, 0.6) is 0 Å². The van der Waals surface area contributed by atoms with Crippen LogP contribution in [-0.4, -0.2) is 4.43 Å². The van der Waals surface area contributed by atoms with Crippen molar-refractivity contribution < 1.29 is 0 Å². The Morgan fingerprint density at radius 2 is 2.29 bits per heavy atom. The van der Waals surface area contributed by atoms with E-state index in [0.717, 1.165) is 11.8 Å². The summed E-state index contributed by atoms with van der Waals surface area (Å²) in [6.07, 6.45) is 2.92. The summed E-state index contributed by atoms with van der Waals surface area (Å²) in [5.74, 6) is 2.21. The van der Waals surface area contributed by atoms with E-state index in [1.165, 1.54) is 17.3 Å². The van der Waals surface area contributed by atoms with E-state index in [9.17, 15) is 0 Å². The van der Waals surface area contributed by atoms with E-state index in [0.29, 0.717) is 0 Å². The fourth-order valence-electron chi connectivity index (χ4n) is 0.999. The molecule has 0 spiro atoms. The highest BCUT2D eigenvalue weighted by molar-refractivity contribution is 14.1. The van der Waals surface area contributed by atoms with E-state index < -0.39 is 0 Å². The Bertz CT molecular complexity index is 53.2. The van der Waals surface area contributed by atoms with Crippen molar-refractivity contribution >= 4 is 22.6 Å². The van der Waals surface area contributed by atoms with E-state index in [1.54, 1.807) is 0 Å². The first-order valence-corrected chi connectivity index (χ1v) is 4.47. The molecule has 7 heavy (non-hydrogen) atoms. The Morgan fingerprint density at radius 1 is 1.57 bits per heavy atom. The van der Waals surface area contributed by atoms with Gasteiger partial charge in [0, 0.05) is 4.43 Å². The van der Waals surface area contributed by atoms with Crippen LogP contribution in [0.4, 0.5) is 0 Å². The molecule has 0 amide bonds. The van der Waals surface area contributed by atoms with Gasteiger partial charge in [0.1, 0.15) is 0 Å². The van der Waals surface area contributed by atoms with Gasteiger partial charge in [-0.2, -0.15) is 0 Å².